The number of hydrogen-bond acceptors (Lipinski definition) is 4. The molecule has 0 saturated carbocycles. The topological polar surface area (TPSA) is 47.0 Å². The fourth-order valence-electron chi connectivity index (χ4n) is 1.23. The van der Waals surface area contributed by atoms with E-state index in [4.69, 9.17) is 4.74 Å². The molecule has 4 heteroatoms. The summed E-state index contributed by atoms with van der Waals surface area (Å²) in [6.07, 6.45) is 3.68. The molecule has 0 aliphatic carbocycles. The highest BCUT2D eigenvalue weighted by Gasteiger charge is 2.04. The molecule has 1 aromatic rings. The predicted molar refractivity (Wildman–Crippen MR) is 56.6 cm³/mol. The fraction of sp³-hybridized carbons (Fsp3) is 0.600. The van der Waals surface area contributed by atoms with Gasteiger partial charge in [-0.1, -0.05) is 13.8 Å². The Morgan fingerprint density at radius 2 is 2.07 bits per heavy atom. The summed E-state index contributed by atoms with van der Waals surface area (Å²) in [5, 5.41) is 3.32. The van der Waals surface area contributed by atoms with E-state index in [1.807, 2.05) is 0 Å². The van der Waals surface area contributed by atoms with Gasteiger partial charge in [-0.25, -0.2) is 9.97 Å². The van der Waals surface area contributed by atoms with Crippen molar-refractivity contribution in [2.24, 2.45) is 0 Å². The second kappa shape index (κ2) is 5.42. The Morgan fingerprint density at radius 3 is 2.64 bits per heavy atom. The van der Waals surface area contributed by atoms with E-state index in [2.05, 4.69) is 29.1 Å². The Hall–Kier alpha value is -1.32. The van der Waals surface area contributed by atoms with E-state index in [-0.39, 0.29) is 0 Å². The number of anilines is 1. The molecule has 0 spiro atoms. The lowest BCUT2D eigenvalue weighted by Gasteiger charge is -2.15. The maximum Gasteiger partial charge on any atom is 0.218 e. The third-order valence-corrected chi connectivity index (χ3v) is 2.19. The number of ether oxygens (including phenoxy) is 1. The average Bonchev–Trinajstić information content (AvgIpc) is 2.26. The van der Waals surface area contributed by atoms with Crippen LogP contribution >= 0.6 is 0 Å². The van der Waals surface area contributed by atoms with Crippen LogP contribution < -0.4 is 10.1 Å². The number of nitrogens with zero attached hydrogens (tertiary/aromatic N) is 2. The lowest BCUT2D eigenvalue weighted by molar-refractivity contribution is 0.397. The number of methoxy groups -OCH3 is 1. The van der Waals surface area contributed by atoms with Gasteiger partial charge < -0.3 is 10.1 Å². The lowest BCUT2D eigenvalue weighted by Crippen LogP contribution is -2.17. The lowest BCUT2D eigenvalue weighted by atomic mass is 10.2. The van der Waals surface area contributed by atoms with Crippen LogP contribution in [0.5, 0.6) is 5.88 Å². The Labute approximate surface area is 84.7 Å². The van der Waals surface area contributed by atoms with Crippen LogP contribution in [0, 0.1) is 0 Å². The fourth-order valence-corrected chi connectivity index (χ4v) is 1.23. The zero-order valence-electron chi connectivity index (χ0n) is 8.95. The summed E-state index contributed by atoms with van der Waals surface area (Å²) in [7, 11) is 1.60. The summed E-state index contributed by atoms with van der Waals surface area (Å²) in [6.45, 7) is 4.30. The van der Waals surface area contributed by atoms with Gasteiger partial charge in [-0.05, 0) is 12.8 Å². The largest absolute Gasteiger partial charge is 0.481 e. The van der Waals surface area contributed by atoms with E-state index in [1.54, 1.807) is 13.2 Å². The van der Waals surface area contributed by atoms with Gasteiger partial charge in [0.1, 0.15) is 12.1 Å². The molecule has 0 aliphatic heterocycles. The quantitative estimate of drug-likeness (QED) is 0.781. The average molecular weight is 195 g/mol. The molecule has 0 atom stereocenters. The second-order valence-electron chi connectivity index (χ2n) is 3.10. The molecule has 0 bridgehead atoms. The van der Waals surface area contributed by atoms with Gasteiger partial charge in [0.05, 0.1) is 7.11 Å². The van der Waals surface area contributed by atoms with Crippen molar-refractivity contribution in [1.82, 2.24) is 9.97 Å². The smallest absolute Gasteiger partial charge is 0.218 e. The first-order chi connectivity index (χ1) is 6.80. The van der Waals surface area contributed by atoms with Crippen LogP contribution in [0.2, 0.25) is 0 Å². The van der Waals surface area contributed by atoms with Crippen molar-refractivity contribution in [3.63, 3.8) is 0 Å². The van der Waals surface area contributed by atoms with Crippen molar-refractivity contribution in [2.75, 3.05) is 12.4 Å². The van der Waals surface area contributed by atoms with E-state index < -0.39 is 0 Å². The van der Waals surface area contributed by atoms with Crippen molar-refractivity contribution in [3.05, 3.63) is 12.4 Å². The number of rotatable bonds is 5. The molecule has 0 aromatic carbocycles. The van der Waals surface area contributed by atoms with Crippen LogP contribution in [0.25, 0.3) is 0 Å². The van der Waals surface area contributed by atoms with Gasteiger partial charge in [0, 0.05) is 12.1 Å². The predicted octanol–water partition coefficient (Wildman–Crippen LogP) is 2.09. The number of nitrogens with one attached hydrogen (secondary N) is 1. The van der Waals surface area contributed by atoms with Crippen molar-refractivity contribution in [3.8, 4) is 5.88 Å². The normalized spacial score (nSPS) is 10.3. The highest BCUT2D eigenvalue weighted by Crippen LogP contribution is 2.12. The van der Waals surface area contributed by atoms with E-state index >= 15 is 0 Å². The summed E-state index contributed by atoms with van der Waals surface area (Å²) < 4.78 is 5.01. The van der Waals surface area contributed by atoms with Gasteiger partial charge in [-0.3, -0.25) is 0 Å². The van der Waals surface area contributed by atoms with E-state index in [0.717, 1.165) is 18.7 Å². The Kier molecular flexibility index (Phi) is 4.16. The number of hydrogen-bond donors (Lipinski definition) is 1. The van der Waals surface area contributed by atoms with Gasteiger partial charge in [0.15, 0.2) is 0 Å². The molecule has 4 nitrogen and oxygen atoms in total. The first-order valence-electron chi connectivity index (χ1n) is 4.92. The van der Waals surface area contributed by atoms with E-state index in [1.165, 1.54) is 6.33 Å². The molecule has 0 radical (unpaired) electrons. The van der Waals surface area contributed by atoms with E-state index in [0.29, 0.717) is 11.9 Å². The summed E-state index contributed by atoms with van der Waals surface area (Å²) in [5.41, 5.74) is 0. The minimum atomic E-state index is 0.467. The highest BCUT2D eigenvalue weighted by atomic mass is 16.5. The Balaban J connectivity index is 2.65. The summed E-state index contributed by atoms with van der Waals surface area (Å²) in [4.78, 5) is 8.06. The molecule has 0 aliphatic rings. The molecule has 0 amide bonds. The Morgan fingerprint density at radius 1 is 1.36 bits per heavy atom. The van der Waals surface area contributed by atoms with Crippen molar-refractivity contribution >= 4 is 5.82 Å². The summed E-state index contributed by atoms with van der Waals surface area (Å²) in [5.74, 6) is 1.42. The molecule has 0 unspecified atom stereocenters. The van der Waals surface area contributed by atoms with Gasteiger partial charge in [-0.15, -0.1) is 0 Å². The van der Waals surface area contributed by atoms with Crippen LogP contribution in [-0.4, -0.2) is 23.1 Å². The molecular weight excluding hydrogens is 178 g/mol. The minimum absolute atomic E-state index is 0.467. The Bertz CT molecular complexity index is 274. The molecule has 78 valence electrons. The van der Waals surface area contributed by atoms with Crippen LogP contribution in [-0.2, 0) is 0 Å². The van der Waals surface area contributed by atoms with E-state index in [9.17, 15) is 0 Å². The zero-order valence-corrected chi connectivity index (χ0v) is 8.95. The SMILES string of the molecule is CCC(CC)Nc1cc(OC)ncn1. The molecule has 1 rings (SSSR count). The van der Waals surface area contributed by atoms with Gasteiger partial charge >= 0.3 is 0 Å². The second-order valence-corrected chi connectivity index (χ2v) is 3.10. The van der Waals surface area contributed by atoms with Crippen LogP contribution in [0.1, 0.15) is 26.7 Å². The molecule has 14 heavy (non-hydrogen) atoms. The maximum atomic E-state index is 5.01. The molecule has 1 heterocycles. The third kappa shape index (κ3) is 2.87. The standard InChI is InChI=1S/C10H17N3O/c1-4-8(5-2)13-9-6-10(14-3)12-7-11-9/h6-8H,4-5H2,1-3H3,(H,11,12,13). The first-order valence-corrected chi connectivity index (χ1v) is 4.92. The van der Waals surface area contributed by atoms with Gasteiger partial charge in [-0.2, -0.15) is 0 Å². The van der Waals surface area contributed by atoms with Gasteiger partial charge in [0.2, 0.25) is 5.88 Å². The molecule has 1 aromatic heterocycles. The molecular formula is C10H17N3O. The summed E-state index contributed by atoms with van der Waals surface area (Å²) >= 11 is 0. The van der Waals surface area contributed by atoms with Crippen LogP contribution in [0.3, 0.4) is 0 Å². The van der Waals surface area contributed by atoms with Crippen molar-refractivity contribution < 1.29 is 4.74 Å². The maximum absolute atomic E-state index is 5.01. The van der Waals surface area contributed by atoms with Crippen molar-refractivity contribution in [1.29, 1.82) is 0 Å². The molecule has 0 fully saturated rings. The van der Waals surface area contributed by atoms with Crippen LogP contribution in [0.15, 0.2) is 12.4 Å². The van der Waals surface area contributed by atoms with Gasteiger partial charge in [0.25, 0.3) is 0 Å². The summed E-state index contributed by atoms with van der Waals surface area (Å²) in [6, 6.07) is 2.27. The minimum Gasteiger partial charge on any atom is -0.481 e. The first kappa shape index (κ1) is 10.8. The third-order valence-electron chi connectivity index (χ3n) is 2.19. The monoisotopic (exact) mass is 195 g/mol. The number of aromatic nitrogens is 2. The van der Waals surface area contributed by atoms with Crippen LogP contribution in [0.4, 0.5) is 5.82 Å². The molecule has 0 saturated heterocycles. The zero-order chi connectivity index (χ0) is 10.4. The van der Waals surface area contributed by atoms with Crippen molar-refractivity contribution in [2.45, 2.75) is 32.7 Å². The molecule has 1 N–H and O–H groups in total. The highest BCUT2D eigenvalue weighted by molar-refractivity contribution is 5.37.